The van der Waals surface area contributed by atoms with Crippen molar-refractivity contribution in [2.24, 2.45) is 5.92 Å². The Morgan fingerprint density at radius 2 is 2.04 bits per heavy atom. The minimum atomic E-state index is -0.562. The predicted molar refractivity (Wildman–Crippen MR) is 104 cm³/mol. The van der Waals surface area contributed by atoms with E-state index >= 15 is 0 Å². The van der Waals surface area contributed by atoms with Crippen LogP contribution in [0.3, 0.4) is 0 Å². The number of benzene rings is 1. The molecule has 28 heavy (non-hydrogen) atoms. The molecule has 1 aromatic carbocycles. The highest BCUT2D eigenvalue weighted by Gasteiger charge is 2.22. The Kier molecular flexibility index (Phi) is 5.74. The van der Waals surface area contributed by atoms with Crippen molar-refractivity contribution in [1.29, 1.82) is 0 Å². The summed E-state index contributed by atoms with van der Waals surface area (Å²) in [6.45, 7) is 4.14. The second-order valence-corrected chi connectivity index (χ2v) is 6.89. The van der Waals surface area contributed by atoms with Crippen LogP contribution in [0.25, 0.3) is 0 Å². The summed E-state index contributed by atoms with van der Waals surface area (Å²) in [7, 11) is 0. The Bertz CT molecular complexity index is 998. The van der Waals surface area contributed by atoms with Crippen LogP contribution in [-0.4, -0.2) is 30.4 Å². The van der Waals surface area contributed by atoms with Gasteiger partial charge in [0.2, 0.25) is 5.91 Å². The number of hydrogen-bond donors (Lipinski definition) is 1. The molecule has 10 heteroatoms. The van der Waals surface area contributed by atoms with E-state index in [9.17, 15) is 14.9 Å². The van der Waals surface area contributed by atoms with Crippen LogP contribution in [0.1, 0.15) is 18.2 Å². The van der Waals surface area contributed by atoms with Crippen molar-refractivity contribution in [2.45, 2.75) is 26.9 Å². The zero-order valence-electron chi connectivity index (χ0n) is 15.4. The molecular weight excluding hydrogens is 384 g/mol. The molecule has 1 N–H and O–H groups in total. The SMILES string of the molecule is Cc1cc([N+](=O)[O-])nn1CC(C)C(=O)Nc1nn(Cc2ccccc2)cc1Cl. The van der Waals surface area contributed by atoms with Gasteiger partial charge in [-0.3, -0.25) is 9.48 Å². The van der Waals surface area contributed by atoms with Crippen molar-refractivity contribution in [3.8, 4) is 0 Å². The van der Waals surface area contributed by atoms with E-state index in [0.717, 1.165) is 5.56 Å². The Hall–Kier alpha value is -3.20. The highest BCUT2D eigenvalue weighted by Crippen LogP contribution is 2.21. The van der Waals surface area contributed by atoms with Crippen LogP contribution in [-0.2, 0) is 17.9 Å². The first-order chi connectivity index (χ1) is 13.3. The topological polar surface area (TPSA) is 108 Å². The fraction of sp³-hybridized carbons (Fsp3) is 0.278. The summed E-state index contributed by atoms with van der Waals surface area (Å²) >= 11 is 6.19. The van der Waals surface area contributed by atoms with Gasteiger partial charge in [0, 0.05) is 6.20 Å². The average molecular weight is 403 g/mol. The van der Waals surface area contributed by atoms with E-state index in [2.05, 4.69) is 15.5 Å². The molecule has 1 unspecified atom stereocenters. The molecule has 0 saturated heterocycles. The highest BCUT2D eigenvalue weighted by molar-refractivity contribution is 6.33. The van der Waals surface area contributed by atoms with Crippen LogP contribution in [0.15, 0.2) is 42.6 Å². The van der Waals surface area contributed by atoms with Gasteiger partial charge in [0.1, 0.15) is 5.02 Å². The van der Waals surface area contributed by atoms with Crippen LogP contribution in [0.2, 0.25) is 5.02 Å². The molecule has 9 nitrogen and oxygen atoms in total. The van der Waals surface area contributed by atoms with E-state index in [1.807, 2.05) is 30.3 Å². The van der Waals surface area contributed by atoms with E-state index in [1.165, 1.54) is 10.7 Å². The molecule has 3 rings (SSSR count). The van der Waals surface area contributed by atoms with E-state index in [4.69, 9.17) is 11.6 Å². The molecule has 0 radical (unpaired) electrons. The zero-order chi connectivity index (χ0) is 20.3. The van der Waals surface area contributed by atoms with Crippen LogP contribution in [0, 0.1) is 23.0 Å². The number of amides is 1. The molecule has 0 bridgehead atoms. The molecule has 1 amide bonds. The van der Waals surface area contributed by atoms with Crippen molar-refractivity contribution in [3.05, 3.63) is 69.0 Å². The summed E-state index contributed by atoms with van der Waals surface area (Å²) in [6.07, 6.45) is 1.65. The maximum absolute atomic E-state index is 12.5. The number of aromatic nitrogens is 4. The molecule has 0 aliphatic carbocycles. The lowest BCUT2D eigenvalue weighted by Crippen LogP contribution is -2.25. The lowest BCUT2D eigenvalue weighted by atomic mass is 10.1. The number of halogens is 1. The number of carbonyl (C=O) groups excluding carboxylic acids is 1. The van der Waals surface area contributed by atoms with Crippen LogP contribution >= 0.6 is 11.6 Å². The molecule has 3 aromatic rings. The predicted octanol–water partition coefficient (Wildman–Crippen LogP) is 3.27. The largest absolute Gasteiger partial charge is 0.390 e. The van der Waals surface area contributed by atoms with E-state index in [1.54, 1.807) is 24.7 Å². The molecule has 146 valence electrons. The Morgan fingerprint density at radius 3 is 2.68 bits per heavy atom. The number of nitrogens with one attached hydrogen (secondary N) is 1. The van der Waals surface area contributed by atoms with Gasteiger partial charge in [-0.05, 0) is 17.4 Å². The highest BCUT2D eigenvalue weighted by atomic mass is 35.5. The number of anilines is 1. The number of nitrogens with zero attached hydrogens (tertiary/aromatic N) is 5. The number of aryl methyl sites for hydroxylation is 1. The quantitative estimate of drug-likeness (QED) is 0.482. The molecular formula is C18H19ClN6O3. The van der Waals surface area contributed by atoms with Crippen molar-refractivity contribution in [3.63, 3.8) is 0 Å². The second-order valence-electron chi connectivity index (χ2n) is 6.48. The summed E-state index contributed by atoms with van der Waals surface area (Å²) in [4.78, 5) is 22.8. The van der Waals surface area contributed by atoms with E-state index in [-0.39, 0.29) is 24.1 Å². The molecule has 0 fully saturated rings. The summed E-state index contributed by atoms with van der Waals surface area (Å²) < 4.78 is 3.09. The fourth-order valence-corrected chi connectivity index (χ4v) is 2.88. The summed E-state index contributed by atoms with van der Waals surface area (Å²) in [5, 5.41) is 22.1. The molecule has 0 aliphatic heterocycles. The van der Waals surface area contributed by atoms with Crippen LogP contribution in [0.4, 0.5) is 11.6 Å². The number of nitro groups is 1. The molecule has 1 atom stereocenters. The first kappa shape index (κ1) is 19.6. The Labute approximate surface area is 166 Å². The smallest absolute Gasteiger partial charge is 0.358 e. The zero-order valence-corrected chi connectivity index (χ0v) is 16.1. The van der Waals surface area contributed by atoms with Crippen LogP contribution < -0.4 is 5.32 Å². The fourth-order valence-electron chi connectivity index (χ4n) is 2.68. The summed E-state index contributed by atoms with van der Waals surface area (Å²) in [5.74, 6) is -0.761. The minimum Gasteiger partial charge on any atom is -0.358 e. The molecule has 2 aromatic heterocycles. The van der Waals surface area contributed by atoms with Gasteiger partial charge in [-0.25, -0.2) is 0 Å². The monoisotopic (exact) mass is 402 g/mol. The molecule has 0 saturated carbocycles. The lowest BCUT2D eigenvalue weighted by Gasteiger charge is -2.10. The van der Waals surface area contributed by atoms with Gasteiger partial charge in [-0.2, -0.15) is 9.78 Å². The van der Waals surface area contributed by atoms with Crippen molar-refractivity contribution < 1.29 is 9.72 Å². The Balaban J connectivity index is 1.65. The first-order valence-corrected chi connectivity index (χ1v) is 8.98. The number of hydrogen-bond acceptors (Lipinski definition) is 5. The van der Waals surface area contributed by atoms with Gasteiger partial charge in [0.15, 0.2) is 5.82 Å². The van der Waals surface area contributed by atoms with Crippen molar-refractivity contribution in [1.82, 2.24) is 19.6 Å². The van der Waals surface area contributed by atoms with Crippen molar-refractivity contribution in [2.75, 3.05) is 5.32 Å². The standard InChI is InChI=1S/C18H19ClN6O3/c1-12(9-24-13(2)8-16(21-24)25(27)28)18(26)20-17-15(19)11-23(22-17)10-14-6-4-3-5-7-14/h3-8,11-12H,9-10H2,1-2H3,(H,20,22,26). The third-order valence-electron chi connectivity index (χ3n) is 4.20. The van der Waals surface area contributed by atoms with Gasteiger partial charge >= 0.3 is 5.82 Å². The van der Waals surface area contributed by atoms with Gasteiger partial charge in [0.05, 0.1) is 35.9 Å². The van der Waals surface area contributed by atoms with E-state index in [0.29, 0.717) is 17.3 Å². The normalized spacial score (nSPS) is 12.0. The molecule has 2 heterocycles. The third kappa shape index (κ3) is 4.55. The van der Waals surface area contributed by atoms with Gasteiger partial charge in [0.25, 0.3) is 0 Å². The summed E-state index contributed by atoms with van der Waals surface area (Å²) in [5.41, 5.74) is 1.67. The van der Waals surface area contributed by atoms with E-state index < -0.39 is 10.8 Å². The lowest BCUT2D eigenvalue weighted by molar-refractivity contribution is -0.389. The number of carbonyl (C=O) groups is 1. The van der Waals surface area contributed by atoms with Crippen molar-refractivity contribution >= 4 is 29.1 Å². The maximum atomic E-state index is 12.5. The van der Waals surface area contributed by atoms with Gasteiger partial charge < -0.3 is 15.4 Å². The third-order valence-corrected chi connectivity index (χ3v) is 4.47. The Morgan fingerprint density at radius 1 is 1.32 bits per heavy atom. The molecule has 0 spiro atoms. The minimum absolute atomic E-state index is 0.202. The first-order valence-electron chi connectivity index (χ1n) is 8.60. The maximum Gasteiger partial charge on any atom is 0.390 e. The summed E-state index contributed by atoms with van der Waals surface area (Å²) in [6, 6.07) is 11.1. The average Bonchev–Trinajstić information content (AvgIpc) is 3.18. The van der Waals surface area contributed by atoms with Gasteiger partial charge in [-0.15, -0.1) is 0 Å². The molecule has 0 aliphatic rings. The van der Waals surface area contributed by atoms with Gasteiger partial charge in [-0.1, -0.05) is 48.9 Å². The number of rotatable bonds is 7. The van der Waals surface area contributed by atoms with Crippen LogP contribution in [0.5, 0.6) is 0 Å². The second kappa shape index (κ2) is 8.22.